The molecule has 0 atom stereocenters. The normalized spacial score (nSPS) is 11.4. The lowest BCUT2D eigenvalue weighted by molar-refractivity contribution is -0.156. The number of carbonyl (C=O) groups is 2. The zero-order chi connectivity index (χ0) is 31.1. The minimum atomic E-state index is -0.495. The smallest absolute Gasteiger partial charge is 0.308 e. The number of aromatic nitrogens is 4. The van der Waals surface area contributed by atoms with E-state index in [1.807, 2.05) is 51.5 Å². The van der Waals surface area contributed by atoms with Crippen molar-refractivity contribution < 1.29 is 28.5 Å². The van der Waals surface area contributed by atoms with Gasteiger partial charge >= 0.3 is 5.97 Å². The van der Waals surface area contributed by atoms with E-state index < -0.39 is 5.60 Å². The molecule has 1 aromatic carbocycles. The number of benzene rings is 1. The van der Waals surface area contributed by atoms with E-state index in [0.717, 1.165) is 22.3 Å². The van der Waals surface area contributed by atoms with E-state index in [1.54, 1.807) is 24.8 Å². The minimum Gasteiger partial charge on any atom is -0.460 e. The molecule has 0 saturated carbocycles. The molecule has 3 rings (SSSR count). The predicted octanol–water partition coefficient (Wildman–Crippen LogP) is 4.56. The number of amides is 1. The maximum absolute atomic E-state index is 13.1. The molecule has 1 N–H and O–H groups in total. The van der Waals surface area contributed by atoms with Gasteiger partial charge in [-0.1, -0.05) is 23.5 Å². The first-order chi connectivity index (χ1) is 20.7. The molecule has 0 radical (unpaired) electrons. The summed E-state index contributed by atoms with van der Waals surface area (Å²) in [5, 5.41) is 4.26. The van der Waals surface area contributed by atoms with Crippen LogP contribution in [0.5, 0.6) is 0 Å². The number of nitrogens with zero attached hydrogens (tertiary/aromatic N) is 4. The predicted molar refractivity (Wildman–Crippen MR) is 167 cm³/mol. The number of rotatable bonds is 17. The Hall–Kier alpha value is -3.10. The van der Waals surface area contributed by atoms with Crippen LogP contribution in [-0.2, 0) is 23.7 Å². The van der Waals surface area contributed by atoms with Crippen LogP contribution in [0.4, 0.5) is 0 Å². The fraction of sp³-hybridized carbons (Fsp3) is 0.467. The number of ether oxygens (including phenoxy) is 4. The summed E-state index contributed by atoms with van der Waals surface area (Å²) in [5.74, 6) is -0.511. The summed E-state index contributed by atoms with van der Waals surface area (Å²) in [5.41, 5.74) is 3.22. The van der Waals surface area contributed by atoms with Gasteiger partial charge in [-0.25, -0.2) is 19.9 Å². The van der Waals surface area contributed by atoms with Crippen molar-refractivity contribution in [1.82, 2.24) is 25.3 Å². The molecule has 2 aromatic heterocycles. The van der Waals surface area contributed by atoms with Crippen LogP contribution in [0.15, 0.2) is 53.3 Å². The molecule has 11 nitrogen and oxygen atoms in total. The number of thioether (sulfide) groups is 2. The van der Waals surface area contributed by atoms with Crippen molar-refractivity contribution in [3.8, 4) is 22.3 Å². The third-order valence-corrected chi connectivity index (χ3v) is 6.78. The zero-order valence-electron chi connectivity index (χ0n) is 25.3. The number of hydrogen-bond acceptors (Lipinski definition) is 12. The topological polar surface area (TPSA) is 135 Å². The standard InChI is InChI=1S/C30H39N5O6S2/c1-30(2,3)41-26(36)6-8-38-10-12-40-13-11-39-9-7-31-27(37)23-15-21(24-17-32-28(42-4)33-18-24)14-22(16-23)25-19-34-29(43-5)35-20-25/h14-20H,6-13H2,1-5H3,(H,31,37). The molecule has 0 aliphatic heterocycles. The number of carbonyl (C=O) groups excluding carboxylic acids is 2. The second-order valence-corrected chi connectivity index (χ2v) is 11.7. The highest BCUT2D eigenvalue weighted by Gasteiger charge is 2.16. The molecule has 0 saturated heterocycles. The Kier molecular flexibility index (Phi) is 14.3. The van der Waals surface area contributed by atoms with Gasteiger partial charge in [-0.05, 0) is 62.6 Å². The second-order valence-electron chi connectivity index (χ2n) is 10.1. The summed E-state index contributed by atoms with van der Waals surface area (Å²) in [6.45, 7) is 7.99. The van der Waals surface area contributed by atoms with Gasteiger partial charge in [0.25, 0.3) is 5.91 Å². The molecule has 13 heteroatoms. The van der Waals surface area contributed by atoms with Gasteiger partial charge in [-0.2, -0.15) is 0 Å². The van der Waals surface area contributed by atoms with Crippen molar-refractivity contribution in [2.24, 2.45) is 0 Å². The van der Waals surface area contributed by atoms with Crippen LogP contribution in [0.3, 0.4) is 0 Å². The van der Waals surface area contributed by atoms with Gasteiger partial charge < -0.3 is 24.3 Å². The van der Waals surface area contributed by atoms with Crippen LogP contribution < -0.4 is 5.32 Å². The van der Waals surface area contributed by atoms with Crippen LogP contribution in [0, 0.1) is 0 Å². The van der Waals surface area contributed by atoms with E-state index in [9.17, 15) is 9.59 Å². The lowest BCUT2D eigenvalue weighted by atomic mass is 9.98. The highest BCUT2D eigenvalue weighted by Crippen LogP contribution is 2.28. The molecular formula is C30H39N5O6S2. The summed E-state index contributed by atoms with van der Waals surface area (Å²) in [7, 11) is 0. The summed E-state index contributed by atoms with van der Waals surface area (Å²) in [4.78, 5) is 42.2. The Labute approximate surface area is 261 Å². The lowest BCUT2D eigenvalue weighted by Gasteiger charge is -2.19. The van der Waals surface area contributed by atoms with Crippen molar-refractivity contribution in [2.45, 2.75) is 43.1 Å². The summed E-state index contributed by atoms with van der Waals surface area (Å²) in [6, 6.07) is 5.61. The fourth-order valence-corrected chi connectivity index (χ4v) is 4.29. The van der Waals surface area contributed by atoms with E-state index in [4.69, 9.17) is 18.9 Å². The van der Waals surface area contributed by atoms with E-state index >= 15 is 0 Å². The molecule has 2 heterocycles. The number of nitrogens with one attached hydrogen (secondary N) is 1. The maximum Gasteiger partial charge on any atom is 0.308 e. The third kappa shape index (κ3) is 12.6. The fourth-order valence-electron chi connectivity index (χ4n) is 3.66. The Morgan fingerprint density at radius 1 is 0.698 bits per heavy atom. The number of hydrogen-bond donors (Lipinski definition) is 1. The van der Waals surface area contributed by atoms with Crippen LogP contribution in [-0.4, -0.2) is 96.1 Å². The lowest BCUT2D eigenvalue weighted by Crippen LogP contribution is -2.27. The summed E-state index contributed by atoms with van der Waals surface area (Å²) < 4.78 is 21.7. The maximum atomic E-state index is 13.1. The highest BCUT2D eigenvalue weighted by molar-refractivity contribution is 7.98. The molecule has 0 aliphatic carbocycles. The first-order valence-electron chi connectivity index (χ1n) is 13.8. The second kappa shape index (κ2) is 17.9. The SMILES string of the molecule is CSc1ncc(-c2cc(C(=O)NCCOCCOCCOCCC(=O)OC(C)(C)C)cc(-c3cnc(SC)nc3)c2)cn1. The van der Waals surface area contributed by atoms with Gasteiger partial charge in [-0.15, -0.1) is 0 Å². The molecule has 232 valence electrons. The molecule has 0 unspecified atom stereocenters. The molecule has 0 fully saturated rings. The number of esters is 1. The average molecular weight is 630 g/mol. The largest absolute Gasteiger partial charge is 0.460 e. The van der Waals surface area contributed by atoms with E-state index in [0.29, 0.717) is 55.5 Å². The van der Waals surface area contributed by atoms with Crippen LogP contribution in [0.25, 0.3) is 22.3 Å². The molecule has 0 bridgehead atoms. The third-order valence-electron chi connectivity index (χ3n) is 5.63. The molecule has 43 heavy (non-hydrogen) atoms. The molecule has 3 aromatic rings. The zero-order valence-corrected chi connectivity index (χ0v) is 26.9. The van der Waals surface area contributed by atoms with Crippen LogP contribution >= 0.6 is 23.5 Å². The van der Waals surface area contributed by atoms with Gasteiger partial charge in [0.2, 0.25) is 0 Å². The molecule has 0 spiro atoms. The monoisotopic (exact) mass is 629 g/mol. The summed E-state index contributed by atoms with van der Waals surface area (Å²) in [6.07, 6.45) is 11.0. The van der Waals surface area contributed by atoms with E-state index in [-0.39, 0.29) is 24.9 Å². The van der Waals surface area contributed by atoms with Gasteiger partial charge in [0.15, 0.2) is 10.3 Å². The van der Waals surface area contributed by atoms with Crippen molar-refractivity contribution in [2.75, 3.05) is 58.7 Å². The molecule has 0 aliphatic rings. The van der Waals surface area contributed by atoms with Crippen LogP contribution in [0.2, 0.25) is 0 Å². The Balaban J connectivity index is 1.43. The van der Waals surface area contributed by atoms with Crippen molar-refractivity contribution in [1.29, 1.82) is 0 Å². The van der Waals surface area contributed by atoms with Gasteiger partial charge in [0, 0.05) is 48.0 Å². The van der Waals surface area contributed by atoms with Crippen LogP contribution in [0.1, 0.15) is 37.6 Å². The van der Waals surface area contributed by atoms with Crippen molar-refractivity contribution in [3.63, 3.8) is 0 Å². The first kappa shape index (κ1) is 34.4. The van der Waals surface area contributed by atoms with Crippen molar-refractivity contribution in [3.05, 3.63) is 48.5 Å². The average Bonchev–Trinajstić information content (AvgIpc) is 3.00. The first-order valence-corrected chi connectivity index (χ1v) is 16.2. The van der Waals surface area contributed by atoms with Gasteiger partial charge in [0.05, 0.1) is 46.1 Å². The Morgan fingerprint density at radius 3 is 1.63 bits per heavy atom. The van der Waals surface area contributed by atoms with E-state index in [1.165, 1.54) is 23.5 Å². The molecular weight excluding hydrogens is 590 g/mol. The minimum absolute atomic E-state index is 0.205. The molecule has 1 amide bonds. The summed E-state index contributed by atoms with van der Waals surface area (Å²) >= 11 is 2.93. The Bertz CT molecular complexity index is 1240. The van der Waals surface area contributed by atoms with Gasteiger partial charge in [0.1, 0.15) is 5.60 Å². The highest BCUT2D eigenvalue weighted by atomic mass is 32.2. The van der Waals surface area contributed by atoms with Gasteiger partial charge in [-0.3, -0.25) is 9.59 Å². The quantitative estimate of drug-likeness (QED) is 0.0971. The Morgan fingerprint density at radius 2 is 1.16 bits per heavy atom. The van der Waals surface area contributed by atoms with Crippen molar-refractivity contribution >= 4 is 35.4 Å². The van der Waals surface area contributed by atoms with E-state index in [2.05, 4.69) is 25.3 Å².